The van der Waals surface area contributed by atoms with Gasteiger partial charge in [-0.15, -0.1) is 6.58 Å². The maximum Gasteiger partial charge on any atom is 0.286 e. The zero-order valence-corrected chi connectivity index (χ0v) is 16.6. The number of amides is 1. The second kappa shape index (κ2) is 8.07. The van der Waals surface area contributed by atoms with Crippen molar-refractivity contribution in [1.29, 1.82) is 0 Å². The first kappa shape index (κ1) is 20.0. The van der Waals surface area contributed by atoms with Crippen LogP contribution in [0.5, 0.6) is 5.75 Å². The number of halogens is 1. The third-order valence-corrected chi connectivity index (χ3v) is 5.94. The normalized spacial score (nSPS) is 12.3. The first-order valence-corrected chi connectivity index (χ1v) is 10.9. The number of allylic oxidation sites excluding steroid dienone is 1. The third-order valence-electron chi connectivity index (χ3n) is 3.79. The van der Waals surface area contributed by atoms with E-state index >= 15 is 0 Å². The molecule has 3 rings (SSSR count). The highest BCUT2D eigenvalue weighted by Gasteiger charge is 2.12. The summed E-state index contributed by atoms with van der Waals surface area (Å²) in [4.78, 5) is 16.9. The average molecular weight is 420 g/mol. The molecule has 0 spiro atoms. The molecule has 3 aromatic rings. The summed E-state index contributed by atoms with van der Waals surface area (Å²) in [6.45, 7) is 3.81. The van der Waals surface area contributed by atoms with Crippen molar-refractivity contribution in [2.75, 3.05) is 12.9 Å². The van der Waals surface area contributed by atoms with Crippen molar-refractivity contribution in [3.63, 3.8) is 0 Å². The minimum Gasteiger partial charge on any atom is -0.484 e. The van der Waals surface area contributed by atoms with Gasteiger partial charge in [-0.2, -0.15) is 4.99 Å². The van der Waals surface area contributed by atoms with Crippen LogP contribution < -0.4 is 9.54 Å². The molecule has 0 N–H and O–H groups in total. The summed E-state index contributed by atoms with van der Waals surface area (Å²) in [6.07, 6.45) is 2.80. The molecule has 1 heterocycles. The van der Waals surface area contributed by atoms with Crippen molar-refractivity contribution >= 4 is 37.3 Å². The van der Waals surface area contributed by atoms with Gasteiger partial charge in [0.05, 0.1) is 15.1 Å². The van der Waals surface area contributed by atoms with Gasteiger partial charge < -0.3 is 9.30 Å². The van der Waals surface area contributed by atoms with Gasteiger partial charge in [0.15, 0.2) is 21.2 Å². The van der Waals surface area contributed by atoms with Gasteiger partial charge in [-0.1, -0.05) is 17.4 Å². The topological polar surface area (TPSA) is 77.7 Å². The Balaban J connectivity index is 1.93. The van der Waals surface area contributed by atoms with Crippen LogP contribution in [0, 0.1) is 5.82 Å². The summed E-state index contributed by atoms with van der Waals surface area (Å²) >= 11 is 1.20. The van der Waals surface area contributed by atoms with Crippen LogP contribution in [0.4, 0.5) is 4.39 Å². The van der Waals surface area contributed by atoms with E-state index in [2.05, 4.69) is 11.6 Å². The van der Waals surface area contributed by atoms with E-state index in [1.807, 2.05) is 0 Å². The molecule has 0 saturated heterocycles. The van der Waals surface area contributed by atoms with Crippen LogP contribution in [0.25, 0.3) is 10.2 Å². The number of ether oxygens (including phenoxy) is 1. The summed E-state index contributed by atoms with van der Waals surface area (Å²) in [7, 11) is -3.34. The molecule has 146 valence electrons. The molecule has 0 atom stereocenters. The number of sulfone groups is 1. The lowest BCUT2D eigenvalue weighted by Gasteiger charge is -2.03. The van der Waals surface area contributed by atoms with Crippen molar-refractivity contribution in [1.82, 2.24) is 4.57 Å². The lowest BCUT2D eigenvalue weighted by molar-refractivity contribution is -0.120. The number of nitrogens with zero attached hydrogens (tertiary/aromatic N) is 2. The number of carbonyl (C=O) groups excluding carboxylic acids is 1. The maximum atomic E-state index is 12.9. The Bertz CT molecular complexity index is 1210. The summed E-state index contributed by atoms with van der Waals surface area (Å²) in [6, 6.07) is 10.1. The fraction of sp³-hybridized carbons (Fsp3) is 0.158. The predicted molar refractivity (Wildman–Crippen MR) is 106 cm³/mol. The summed E-state index contributed by atoms with van der Waals surface area (Å²) < 4.78 is 44.2. The summed E-state index contributed by atoms with van der Waals surface area (Å²) in [5.74, 6) is -0.553. The van der Waals surface area contributed by atoms with E-state index in [4.69, 9.17) is 4.74 Å². The Morgan fingerprint density at radius 2 is 2.00 bits per heavy atom. The highest BCUT2D eigenvalue weighted by molar-refractivity contribution is 7.90. The lowest BCUT2D eigenvalue weighted by atomic mass is 10.3. The second-order valence-corrected chi connectivity index (χ2v) is 8.96. The van der Waals surface area contributed by atoms with E-state index in [1.54, 1.807) is 22.8 Å². The maximum absolute atomic E-state index is 12.9. The number of benzene rings is 2. The third kappa shape index (κ3) is 4.55. The van der Waals surface area contributed by atoms with Crippen molar-refractivity contribution in [3.05, 3.63) is 65.7 Å². The molecule has 0 aliphatic rings. The van der Waals surface area contributed by atoms with Gasteiger partial charge >= 0.3 is 0 Å². The molecule has 0 aliphatic heterocycles. The number of aromatic nitrogens is 1. The number of fused-ring (bicyclic) bond motifs is 1. The van der Waals surface area contributed by atoms with Gasteiger partial charge in [0.25, 0.3) is 5.91 Å². The van der Waals surface area contributed by atoms with Crippen LogP contribution in [-0.2, 0) is 21.2 Å². The number of thiazole rings is 1. The number of hydrogen-bond donors (Lipinski definition) is 0. The SMILES string of the molecule is C=CCn1c(=NC(=O)COc2ccc(F)cc2)sc2cc(S(C)(=O)=O)ccc21. The Hall–Kier alpha value is -2.78. The molecular formula is C19H17FN2O4S2. The first-order chi connectivity index (χ1) is 13.3. The van der Waals surface area contributed by atoms with Gasteiger partial charge in [0, 0.05) is 12.8 Å². The zero-order chi connectivity index (χ0) is 20.3. The van der Waals surface area contributed by atoms with Crippen LogP contribution in [0.3, 0.4) is 0 Å². The van der Waals surface area contributed by atoms with Crippen LogP contribution in [0.15, 0.2) is 65.0 Å². The van der Waals surface area contributed by atoms with Crippen molar-refractivity contribution in [3.8, 4) is 5.75 Å². The van der Waals surface area contributed by atoms with Gasteiger partial charge in [-0.05, 0) is 42.5 Å². The van der Waals surface area contributed by atoms with Crippen molar-refractivity contribution in [2.24, 2.45) is 4.99 Å². The van der Waals surface area contributed by atoms with Crippen LogP contribution in [0.1, 0.15) is 0 Å². The smallest absolute Gasteiger partial charge is 0.286 e. The van der Waals surface area contributed by atoms with E-state index in [0.717, 1.165) is 11.8 Å². The molecule has 9 heteroatoms. The molecule has 1 aromatic heterocycles. The molecule has 28 heavy (non-hydrogen) atoms. The molecule has 0 unspecified atom stereocenters. The minimum absolute atomic E-state index is 0.199. The second-order valence-electron chi connectivity index (χ2n) is 5.93. The largest absolute Gasteiger partial charge is 0.484 e. The fourth-order valence-corrected chi connectivity index (χ4v) is 4.31. The average Bonchev–Trinajstić information content (AvgIpc) is 2.97. The molecule has 2 aromatic carbocycles. The van der Waals surface area contributed by atoms with Gasteiger partial charge in [0.1, 0.15) is 11.6 Å². The van der Waals surface area contributed by atoms with E-state index in [-0.39, 0.29) is 11.5 Å². The van der Waals surface area contributed by atoms with Crippen LogP contribution in [0.2, 0.25) is 0 Å². The predicted octanol–water partition coefficient (Wildman–Crippen LogP) is 2.94. The quantitative estimate of drug-likeness (QED) is 0.575. The van der Waals surface area contributed by atoms with E-state index < -0.39 is 21.6 Å². The van der Waals surface area contributed by atoms with E-state index in [1.165, 1.54) is 41.7 Å². The van der Waals surface area contributed by atoms with Gasteiger partial charge in [0.2, 0.25) is 0 Å². The molecule has 0 fully saturated rings. The Morgan fingerprint density at radius 1 is 1.29 bits per heavy atom. The number of hydrogen-bond acceptors (Lipinski definition) is 5. The Morgan fingerprint density at radius 3 is 2.64 bits per heavy atom. The molecule has 6 nitrogen and oxygen atoms in total. The molecular weight excluding hydrogens is 403 g/mol. The molecule has 0 bridgehead atoms. The Kier molecular flexibility index (Phi) is 5.76. The first-order valence-electron chi connectivity index (χ1n) is 8.18. The van der Waals surface area contributed by atoms with Gasteiger partial charge in [-0.3, -0.25) is 4.79 Å². The molecule has 0 saturated carbocycles. The van der Waals surface area contributed by atoms with E-state index in [9.17, 15) is 17.6 Å². The summed E-state index contributed by atoms with van der Waals surface area (Å²) in [5.41, 5.74) is 0.753. The molecule has 1 amide bonds. The highest BCUT2D eigenvalue weighted by atomic mass is 32.2. The zero-order valence-electron chi connectivity index (χ0n) is 15.0. The number of carbonyl (C=O) groups is 1. The fourth-order valence-electron chi connectivity index (χ4n) is 2.49. The monoisotopic (exact) mass is 420 g/mol. The molecule has 0 aliphatic carbocycles. The van der Waals surface area contributed by atoms with Crippen molar-refractivity contribution < 1.29 is 22.3 Å². The highest BCUT2D eigenvalue weighted by Crippen LogP contribution is 2.22. The van der Waals surface area contributed by atoms with Crippen LogP contribution in [-0.4, -0.2) is 31.8 Å². The minimum atomic E-state index is -3.34. The Labute approximate surface area is 165 Å². The summed E-state index contributed by atoms with van der Waals surface area (Å²) in [5, 5.41) is 0. The van der Waals surface area contributed by atoms with Gasteiger partial charge in [-0.25, -0.2) is 12.8 Å². The number of rotatable bonds is 6. The standard InChI is InChI=1S/C19H17FN2O4S2/c1-3-10-22-16-9-8-15(28(2,24)25)11-17(16)27-19(22)21-18(23)12-26-14-6-4-13(20)5-7-14/h3-9,11H,1,10,12H2,2H3. The molecule has 0 radical (unpaired) electrons. The van der Waals surface area contributed by atoms with E-state index in [0.29, 0.717) is 21.8 Å². The van der Waals surface area contributed by atoms with Crippen molar-refractivity contribution in [2.45, 2.75) is 11.4 Å². The lowest BCUT2D eigenvalue weighted by Crippen LogP contribution is -2.19. The van der Waals surface area contributed by atoms with Crippen LogP contribution >= 0.6 is 11.3 Å².